The van der Waals surface area contributed by atoms with Crippen molar-refractivity contribution >= 4 is 27.5 Å². The second kappa shape index (κ2) is 12.1. The molecule has 196 valence electrons. The summed E-state index contributed by atoms with van der Waals surface area (Å²) in [6.07, 6.45) is 1.38. The number of rotatable bonds is 10. The maximum absolute atomic E-state index is 13.9. The summed E-state index contributed by atoms with van der Waals surface area (Å²) in [5, 5.41) is 2.68. The van der Waals surface area contributed by atoms with E-state index in [1.165, 1.54) is 11.9 Å². The summed E-state index contributed by atoms with van der Waals surface area (Å²) in [4.78, 5) is 28.5. The number of aryl methyl sites for hydroxylation is 3. The highest BCUT2D eigenvalue weighted by molar-refractivity contribution is 7.92. The Bertz CT molecular complexity index is 1340. The van der Waals surface area contributed by atoms with Gasteiger partial charge in [-0.15, -0.1) is 0 Å². The van der Waals surface area contributed by atoms with Crippen LogP contribution < -0.4 is 9.62 Å². The Hall–Kier alpha value is -3.65. The lowest BCUT2D eigenvalue weighted by atomic mass is 10.0. The van der Waals surface area contributed by atoms with Gasteiger partial charge in [0.1, 0.15) is 12.6 Å². The number of benzene rings is 3. The van der Waals surface area contributed by atoms with E-state index in [1.54, 1.807) is 12.1 Å². The number of carbonyl (C=O) groups is 2. The monoisotopic (exact) mass is 521 g/mol. The van der Waals surface area contributed by atoms with Crippen molar-refractivity contribution in [3.63, 3.8) is 0 Å². The maximum Gasteiger partial charge on any atom is 0.244 e. The molecule has 0 aliphatic carbocycles. The summed E-state index contributed by atoms with van der Waals surface area (Å²) < 4.78 is 26.7. The zero-order chi connectivity index (χ0) is 27.2. The third kappa shape index (κ3) is 7.43. The van der Waals surface area contributed by atoms with E-state index in [2.05, 4.69) is 5.32 Å². The number of nitrogens with zero attached hydrogens (tertiary/aromatic N) is 2. The van der Waals surface area contributed by atoms with E-state index in [0.717, 1.165) is 38.4 Å². The fourth-order valence-corrected chi connectivity index (χ4v) is 4.95. The molecule has 0 bridgehead atoms. The molecule has 0 heterocycles. The van der Waals surface area contributed by atoms with E-state index in [4.69, 9.17) is 0 Å². The van der Waals surface area contributed by atoms with Gasteiger partial charge < -0.3 is 10.2 Å². The van der Waals surface area contributed by atoms with Crippen LogP contribution in [0.25, 0.3) is 0 Å². The molecule has 1 N–H and O–H groups in total. The van der Waals surface area contributed by atoms with Gasteiger partial charge in [0.2, 0.25) is 21.8 Å². The Balaban J connectivity index is 2.03. The number of sulfonamides is 1. The minimum absolute atomic E-state index is 0.161. The maximum atomic E-state index is 13.9. The van der Waals surface area contributed by atoms with Gasteiger partial charge in [0.05, 0.1) is 11.9 Å². The quantitative estimate of drug-likeness (QED) is 0.440. The molecule has 37 heavy (non-hydrogen) atoms. The smallest absolute Gasteiger partial charge is 0.244 e. The number of carbonyl (C=O) groups excluding carboxylic acids is 2. The van der Waals surface area contributed by atoms with E-state index >= 15 is 0 Å². The van der Waals surface area contributed by atoms with Crippen LogP contribution >= 0.6 is 0 Å². The van der Waals surface area contributed by atoms with E-state index in [0.29, 0.717) is 12.1 Å². The lowest BCUT2D eigenvalue weighted by Gasteiger charge is -2.33. The summed E-state index contributed by atoms with van der Waals surface area (Å²) in [5.41, 5.74) is 5.17. The van der Waals surface area contributed by atoms with Gasteiger partial charge in [0.15, 0.2) is 0 Å². The number of likely N-dealkylation sites (N-methyl/N-ethyl adjacent to an activating group) is 1. The van der Waals surface area contributed by atoms with Crippen LogP contribution in [0.3, 0.4) is 0 Å². The summed E-state index contributed by atoms with van der Waals surface area (Å²) in [5.74, 6) is -0.782. The van der Waals surface area contributed by atoms with Crippen molar-refractivity contribution < 1.29 is 18.0 Å². The highest BCUT2D eigenvalue weighted by Crippen LogP contribution is 2.23. The fourth-order valence-electron chi connectivity index (χ4n) is 4.11. The van der Waals surface area contributed by atoms with Crippen LogP contribution in [0.5, 0.6) is 0 Å². The van der Waals surface area contributed by atoms with Gasteiger partial charge in [-0.3, -0.25) is 13.9 Å². The van der Waals surface area contributed by atoms with Gasteiger partial charge >= 0.3 is 0 Å². The summed E-state index contributed by atoms with van der Waals surface area (Å²) in [6.45, 7) is 5.55. The first-order valence-electron chi connectivity index (χ1n) is 12.1. The van der Waals surface area contributed by atoms with Crippen LogP contribution in [0.1, 0.15) is 27.8 Å². The molecule has 0 radical (unpaired) electrons. The summed E-state index contributed by atoms with van der Waals surface area (Å²) in [7, 11) is -2.25. The Labute approximate surface area is 220 Å². The van der Waals surface area contributed by atoms with Crippen molar-refractivity contribution in [1.29, 1.82) is 0 Å². The van der Waals surface area contributed by atoms with Crippen molar-refractivity contribution in [3.8, 4) is 0 Å². The van der Waals surface area contributed by atoms with Crippen LogP contribution in [0.15, 0.2) is 72.8 Å². The molecule has 0 aliphatic rings. The van der Waals surface area contributed by atoms with Crippen LogP contribution in [0.4, 0.5) is 5.69 Å². The van der Waals surface area contributed by atoms with Gasteiger partial charge in [0, 0.05) is 20.0 Å². The average Bonchev–Trinajstić information content (AvgIpc) is 2.87. The topological polar surface area (TPSA) is 86.8 Å². The van der Waals surface area contributed by atoms with E-state index in [1.807, 2.05) is 81.4 Å². The third-order valence-corrected chi connectivity index (χ3v) is 7.59. The number of amides is 2. The minimum atomic E-state index is -3.78. The summed E-state index contributed by atoms with van der Waals surface area (Å²) >= 11 is 0. The van der Waals surface area contributed by atoms with E-state index in [-0.39, 0.29) is 12.5 Å². The van der Waals surface area contributed by atoms with Gasteiger partial charge in [-0.05, 0) is 55.2 Å². The van der Waals surface area contributed by atoms with Crippen molar-refractivity contribution in [3.05, 3.63) is 101 Å². The molecule has 8 heteroatoms. The second-order valence-corrected chi connectivity index (χ2v) is 11.3. The van der Waals surface area contributed by atoms with E-state index < -0.39 is 28.5 Å². The SMILES string of the molecule is CNC(=O)[C@H](Cc1ccccc1)N(Cc1ccc(C)cc1)C(=O)CN(c1ccc(C)c(C)c1)S(C)(=O)=O. The molecule has 7 nitrogen and oxygen atoms in total. The second-order valence-electron chi connectivity index (χ2n) is 9.37. The lowest BCUT2D eigenvalue weighted by molar-refractivity contribution is -0.139. The van der Waals surface area contributed by atoms with Crippen molar-refractivity contribution in [2.24, 2.45) is 0 Å². The Kier molecular flexibility index (Phi) is 9.10. The molecule has 2 amide bonds. The molecule has 3 rings (SSSR count). The van der Waals surface area contributed by atoms with Gasteiger partial charge in [-0.1, -0.05) is 66.2 Å². The van der Waals surface area contributed by atoms with Crippen molar-refractivity contribution in [2.45, 2.75) is 39.8 Å². The zero-order valence-corrected chi connectivity index (χ0v) is 22.9. The molecule has 0 aromatic heterocycles. The molecule has 3 aromatic carbocycles. The van der Waals surface area contributed by atoms with Gasteiger partial charge in [-0.25, -0.2) is 8.42 Å². The number of nitrogens with one attached hydrogen (secondary N) is 1. The van der Waals surface area contributed by atoms with E-state index in [9.17, 15) is 18.0 Å². The first kappa shape index (κ1) is 27.9. The molecule has 0 fully saturated rings. The predicted octanol–water partition coefficient (Wildman–Crippen LogP) is 3.76. The standard InChI is InChI=1S/C29H35N3O4S/c1-21-11-14-25(15-12-21)19-31(27(29(34)30-4)18-24-9-7-6-8-10-24)28(33)20-32(37(5,35)36)26-16-13-22(2)23(3)17-26/h6-17,27H,18-20H2,1-5H3,(H,30,34)/t27-/m0/s1. The molecular weight excluding hydrogens is 486 g/mol. The molecule has 1 atom stereocenters. The fraction of sp³-hybridized carbons (Fsp3) is 0.310. The molecule has 0 aliphatic heterocycles. The largest absolute Gasteiger partial charge is 0.357 e. The number of hydrogen-bond donors (Lipinski definition) is 1. The first-order chi connectivity index (χ1) is 17.5. The predicted molar refractivity (Wildman–Crippen MR) is 148 cm³/mol. The van der Waals surface area contributed by atoms with Crippen LogP contribution in [-0.4, -0.2) is 51.0 Å². The highest BCUT2D eigenvalue weighted by Gasteiger charge is 2.32. The molecular formula is C29H35N3O4S. The molecule has 0 spiro atoms. The molecule has 0 saturated heterocycles. The summed E-state index contributed by atoms with van der Waals surface area (Å²) in [6, 6.07) is 21.6. The highest BCUT2D eigenvalue weighted by atomic mass is 32.2. The average molecular weight is 522 g/mol. The van der Waals surface area contributed by atoms with Gasteiger partial charge in [-0.2, -0.15) is 0 Å². The Morgan fingerprint density at radius 2 is 1.51 bits per heavy atom. The minimum Gasteiger partial charge on any atom is -0.357 e. The Morgan fingerprint density at radius 3 is 2.08 bits per heavy atom. The molecule has 0 unspecified atom stereocenters. The third-order valence-electron chi connectivity index (χ3n) is 6.45. The lowest BCUT2D eigenvalue weighted by Crippen LogP contribution is -2.52. The molecule has 0 saturated carbocycles. The number of anilines is 1. The van der Waals surface area contributed by atoms with Crippen molar-refractivity contribution in [2.75, 3.05) is 24.2 Å². The van der Waals surface area contributed by atoms with Crippen molar-refractivity contribution in [1.82, 2.24) is 10.2 Å². The van der Waals surface area contributed by atoms with Crippen LogP contribution in [0, 0.1) is 20.8 Å². The Morgan fingerprint density at radius 1 is 0.865 bits per heavy atom. The van der Waals surface area contributed by atoms with Crippen LogP contribution in [-0.2, 0) is 32.6 Å². The molecule has 3 aromatic rings. The zero-order valence-electron chi connectivity index (χ0n) is 22.1. The number of hydrogen-bond acceptors (Lipinski definition) is 4. The first-order valence-corrected chi connectivity index (χ1v) is 14.0. The van der Waals surface area contributed by atoms with Gasteiger partial charge in [0.25, 0.3) is 0 Å². The van der Waals surface area contributed by atoms with Crippen LogP contribution in [0.2, 0.25) is 0 Å². The normalized spacial score (nSPS) is 12.0.